The molecule has 1 atom stereocenters. The van der Waals surface area contributed by atoms with Crippen LogP contribution in [0.25, 0.3) is 0 Å². The highest BCUT2D eigenvalue weighted by molar-refractivity contribution is 7.89. The van der Waals surface area contributed by atoms with E-state index in [1.807, 2.05) is 23.8 Å². The van der Waals surface area contributed by atoms with Crippen LogP contribution in [0.2, 0.25) is 5.02 Å². The van der Waals surface area contributed by atoms with Crippen molar-refractivity contribution in [2.45, 2.75) is 24.8 Å². The molecular formula is C24H29ClN4O5S2. The first-order valence-corrected chi connectivity index (χ1v) is 14.5. The van der Waals surface area contributed by atoms with Gasteiger partial charge in [-0.05, 0) is 60.5 Å². The summed E-state index contributed by atoms with van der Waals surface area (Å²) in [5.74, 6) is -0.467. The molecule has 36 heavy (non-hydrogen) atoms. The zero-order valence-corrected chi connectivity index (χ0v) is 22.5. The Bertz CT molecular complexity index is 1220. The summed E-state index contributed by atoms with van der Waals surface area (Å²) in [6.07, 6.45) is 0. The van der Waals surface area contributed by atoms with Crippen molar-refractivity contribution in [1.82, 2.24) is 19.4 Å². The molecule has 3 heterocycles. The molecule has 194 valence electrons. The van der Waals surface area contributed by atoms with Gasteiger partial charge in [0.2, 0.25) is 10.0 Å². The number of thiophene rings is 1. The van der Waals surface area contributed by atoms with Gasteiger partial charge in [0, 0.05) is 50.0 Å². The second-order valence-electron chi connectivity index (χ2n) is 8.40. The minimum Gasteiger partial charge on any atom is -0.463 e. The molecule has 1 N–H and O–H groups in total. The van der Waals surface area contributed by atoms with Gasteiger partial charge in [-0.1, -0.05) is 11.6 Å². The molecule has 1 aromatic heterocycles. The molecule has 2 amide bonds. The number of likely N-dealkylation sites (N-methyl/N-ethyl adjacent to an activating group) is 1. The monoisotopic (exact) mass is 552 g/mol. The maximum atomic E-state index is 13.1. The molecule has 1 saturated heterocycles. The summed E-state index contributed by atoms with van der Waals surface area (Å²) < 4.78 is 33.0. The SMILES string of the molecule is CCOC(=O)C1=C(CN2CCN(S(=O)(=O)c3ccc(Cl)cc3)CC2)N(CC)C(=O)NC1c1ccsc1. The number of esters is 1. The van der Waals surface area contributed by atoms with E-state index in [2.05, 4.69) is 10.2 Å². The number of carbonyl (C=O) groups is 2. The molecule has 12 heteroatoms. The van der Waals surface area contributed by atoms with Crippen LogP contribution in [0.1, 0.15) is 25.5 Å². The lowest BCUT2D eigenvalue weighted by molar-refractivity contribution is -0.139. The maximum absolute atomic E-state index is 13.1. The van der Waals surface area contributed by atoms with Crippen molar-refractivity contribution in [3.05, 3.63) is 62.9 Å². The third kappa shape index (κ3) is 5.45. The van der Waals surface area contributed by atoms with Crippen molar-refractivity contribution >= 4 is 45.0 Å². The van der Waals surface area contributed by atoms with Crippen molar-refractivity contribution in [2.75, 3.05) is 45.9 Å². The summed E-state index contributed by atoms with van der Waals surface area (Å²) in [5.41, 5.74) is 1.82. The number of hydrogen-bond acceptors (Lipinski definition) is 7. The molecule has 0 spiro atoms. The molecule has 0 aliphatic carbocycles. The van der Waals surface area contributed by atoms with Crippen molar-refractivity contribution in [3.63, 3.8) is 0 Å². The second-order valence-corrected chi connectivity index (χ2v) is 11.6. The van der Waals surface area contributed by atoms with E-state index in [1.165, 1.54) is 27.8 Å². The van der Waals surface area contributed by atoms with Gasteiger partial charge in [0.1, 0.15) is 0 Å². The van der Waals surface area contributed by atoms with Crippen LogP contribution in [-0.4, -0.2) is 80.4 Å². The Labute approximate surface area is 220 Å². The van der Waals surface area contributed by atoms with E-state index in [9.17, 15) is 18.0 Å². The first-order chi connectivity index (χ1) is 17.3. The van der Waals surface area contributed by atoms with Crippen LogP contribution in [0.5, 0.6) is 0 Å². The number of piperazine rings is 1. The lowest BCUT2D eigenvalue weighted by Crippen LogP contribution is -2.53. The van der Waals surface area contributed by atoms with Crippen molar-refractivity contribution in [3.8, 4) is 0 Å². The summed E-state index contributed by atoms with van der Waals surface area (Å²) in [4.78, 5) is 29.9. The van der Waals surface area contributed by atoms with Crippen molar-refractivity contribution in [1.29, 1.82) is 0 Å². The topological polar surface area (TPSA) is 99.3 Å². The van der Waals surface area contributed by atoms with E-state index in [0.29, 0.717) is 55.6 Å². The second kappa shape index (κ2) is 11.3. The summed E-state index contributed by atoms with van der Waals surface area (Å²) in [6, 6.07) is 7.13. The highest BCUT2D eigenvalue weighted by Gasteiger charge is 2.39. The number of halogens is 1. The third-order valence-corrected chi connectivity index (χ3v) is 9.15. The molecule has 2 aromatic rings. The average Bonchev–Trinajstić information content (AvgIpc) is 3.39. The predicted octanol–water partition coefficient (Wildman–Crippen LogP) is 3.31. The largest absolute Gasteiger partial charge is 0.463 e. The molecule has 2 aliphatic heterocycles. The molecule has 1 unspecified atom stereocenters. The maximum Gasteiger partial charge on any atom is 0.338 e. The number of sulfonamides is 1. The first kappa shape index (κ1) is 26.6. The van der Waals surface area contributed by atoms with Crippen LogP contribution < -0.4 is 5.32 Å². The third-order valence-electron chi connectivity index (χ3n) is 6.28. The molecular weight excluding hydrogens is 524 g/mol. The number of rotatable bonds is 8. The van der Waals surface area contributed by atoms with Gasteiger partial charge >= 0.3 is 12.0 Å². The Kier molecular flexibility index (Phi) is 8.36. The highest BCUT2D eigenvalue weighted by Crippen LogP contribution is 2.33. The first-order valence-electron chi connectivity index (χ1n) is 11.7. The van der Waals surface area contributed by atoms with Crippen LogP contribution in [0.15, 0.2) is 57.3 Å². The van der Waals surface area contributed by atoms with Crippen LogP contribution in [0.3, 0.4) is 0 Å². The summed E-state index contributed by atoms with van der Waals surface area (Å²) in [7, 11) is -3.64. The number of hydrogen-bond donors (Lipinski definition) is 1. The number of benzene rings is 1. The molecule has 1 aromatic carbocycles. The zero-order valence-electron chi connectivity index (χ0n) is 20.1. The van der Waals surface area contributed by atoms with Crippen LogP contribution >= 0.6 is 22.9 Å². The minimum absolute atomic E-state index is 0.201. The fraction of sp³-hybridized carbons (Fsp3) is 0.417. The summed E-state index contributed by atoms with van der Waals surface area (Å²) >= 11 is 7.39. The van der Waals surface area contributed by atoms with E-state index in [1.54, 1.807) is 24.0 Å². The predicted molar refractivity (Wildman–Crippen MR) is 138 cm³/mol. The van der Waals surface area contributed by atoms with Gasteiger partial charge in [-0.25, -0.2) is 18.0 Å². The number of nitrogens with zero attached hydrogens (tertiary/aromatic N) is 3. The fourth-order valence-corrected chi connectivity index (χ4v) is 6.68. The number of nitrogens with one attached hydrogen (secondary N) is 1. The molecule has 9 nitrogen and oxygen atoms in total. The molecule has 1 fully saturated rings. The molecule has 2 aliphatic rings. The standard InChI is InChI=1S/C24H29ClN4O5S2/c1-3-29-20(21(23(30)34-4-2)22(26-24(29)31)17-9-14-35-16-17)15-27-10-12-28(13-11-27)36(32,33)19-7-5-18(25)6-8-19/h5-9,14,16,22H,3-4,10-13,15H2,1-2H3,(H,26,31). The van der Waals surface area contributed by atoms with Gasteiger partial charge in [-0.2, -0.15) is 15.6 Å². The molecule has 0 radical (unpaired) electrons. The quantitative estimate of drug-likeness (QED) is 0.504. The Morgan fingerprint density at radius 3 is 2.42 bits per heavy atom. The Morgan fingerprint density at radius 1 is 1.14 bits per heavy atom. The number of amides is 2. The Hall–Kier alpha value is -2.44. The van der Waals surface area contributed by atoms with Gasteiger partial charge in [-0.15, -0.1) is 0 Å². The van der Waals surface area contributed by atoms with Gasteiger partial charge in [-0.3, -0.25) is 9.80 Å². The van der Waals surface area contributed by atoms with E-state index in [4.69, 9.17) is 16.3 Å². The van der Waals surface area contributed by atoms with Gasteiger partial charge in [0.05, 0.1) is 23.1 Å². The summed E-state index contributed by atoms with van der Waals surface area (Å²) in [6.45, 7) is 6.01. The van der Waals surface area contributed by atoms with Crippen LogP contribution in [0, 0.1) is 0 Å². The smallest absolute Gasteiger partial charge is 0.338 e. The normalized spacial score (nSPS) is 19.9. The fourth-order valence-electron chi connectivity index (χ4n) is 4.44. The van der Waals surface area contributed by atoms with Crippen LogP contribution in [0.4, 0.5) is 4.79 Å². The number of carbonyl (C=O) groups excluding carboxylic acids is 2. The Morgan fingerprint density at radius 2 is 1.83 bits per heavy atom. The zero-order chi connectivity index (χ0) is 25.9. The molecule has 0 saturated carbocycles. The van der Waals surface area contributed by atoms with Gasteiger partial charge in [0.25, 0.3) is 0 Å². The number of urea groups is 1. The average molecular weight is 553 g/mol. The van der Waals surface area contributed by atoms with E-state index in [-0.39, 0.29) is 17.5 Å². The Balaban J connectivity index is 1.58. The molecule has 0 bridgehead atoms. The lowest BCUT2D eigenvalue weighted by atomic mass is 9.96. The van der Waals surface area contributed by atoms with Crippen LogP contribution in [-0.2, 0) is 19.6 Å². The minimum atomic E-state index is -3.64. The van der Waals surface area contributed by atoms with Crippen molar-refractivity contribution in [2.24, 2.45) is 0 Å². The highest BCUT2D eigenvalue weighted by atomic mass is 35.5. The van der Waals surface area contributed by atoms with Gasteiger partial charge < -0.3 is 10.1 Å². The van der Waals surface area contributed by atoms with Gasteiger partial charge in [0.15, 0.2) is 0 Å². The molecule has 4 rings (SSSR count). The van der Waals surface area contributed by atoms with E-state index in [0.717, 1.165) is 5.56 Å². The van der Waals surface area contributed by atoms with Crippen molar-refractivity contribution < 1.29 is 22.7 Å². The summed E-state index contributed by atoms with van der Waals surface area (Å²) in [5, 5.41) is 7.23. The lowest BCUT2D eigenvalue weighted by Gasteiger charge is -2.40. The number of ether oxygens (including phenoxy) is 1. The van der Waals surface area contributed by atoms with E-state index < -0.39 is 22.0 Å². The van der Waals surface area contributed by atoms with E-state index >= 15 is 0 Å².